The summed E-state index contributed by atoms with van der Waals surface area (Å²) >= 11 is 0. The molecule has 0 unspecified atom stereocenters. The molecule has 0 bridgehead atoms. The van der Waals surface area contributed by atoms with E-state index in [4.69, 9.17) is 9.47 Å². The van der Waals surface area contributed by atoms with Crippen LogP contribution in [0, 0.1) is 6.92 Å². The Labute approximate surface area is 199 Å². The summed E-state index contributed by atoms with van der Waals surface area (Å²) in [5, 5.41) is 5.20. The third-order valence-electron chi connectivity index (χ3n) is 5.27. The minimum absolute atomic E-state index is 0.232. The highest BCUT2D eigenvalue weighted by Gasteiger charge is 2.32. The molecule has 10 heteroatoms. The van der Waals surface area contributed by atoms with Gasteiger partial charge in [0.05, 0.1) is 25.0 Å². The van der Waals surface area contributed by atoms with E-state index in [1.165, 1.54) is 13.3 Å². The smallest absolute Gasteiger partial charge is 0.413 e. The van der Waals surface area contributed by atoms with Crippen molar-refractivity contribution in [3.63, 3.8) is 0 Å². The van der Waals surface area contributed by atoms with Gasteiger partial charge in [0.15, 0.2) is 0 Å². The van der Waals surface area contributed by atoms with Gasteiger partial charge in [-0.15, -0.1) is 0 Å². The van der Waals surface area contributed by atoms with Gasteiger partial charge in [0.1, 0.15) is 11.4 Å². The number of nitrogens with one attached hydrogen (secondary N) is 2. The Kier molecular flexibility index (Phi) is 7.70. The van der Waals surface area contributed by atoms with Gasteiger partial charge >= 0.3 is 17.9 Å². The topological polar surface area (TPSA) is 123 Å². The van der Waals surface area contributed by atoms with Crippen LogP contribution in [-0.2, 0) is 14.3 Å². The van der Waals surface area contributed by atoms with Crippen molar-refractivity contribution in [1.29, 1.82) is 0 Å². The van der Waals surface area contributed by atoms with Crippen LogP contribution < -0.4 is 15.4 Å². The zero-order chi connectivity index (χ0) is 24.9. The van der Waals surface area contributed by atoms with Gasteiger partial charge in [-0.1, -0.05) is 0 Å². The van der Waals surface area contributed by atoms with Crippen LogP contribution in [0.15, 0.2) is 30.6 Å². The first-order valence-corrected chi connectivity index (χ1v) is 11.2. The predicted molar refractivity (Wildman–Crippen MR) is 127 cm³/mol. The van der Waals surface area contributed by atoms with Crippen molar-refractivity contribution in [3.8, 4) is 5.88 Å². The highest BCUT2D eigenvalue weighted by Crippen LogP contribution is 2.32. The highest BCUT2D eigenvalue weighted by molar-refractivity contribution is 6.39. The molecule has 2 aromatic rings. The van der Waals surface area contributed by atoms with E-state index in [1.807, 2.05) is 6.07 Å². The van der Waals surface area contributed by atoms with Crippen LogP contribution in [0.5, 0.6) is 5.88 Å². The van der Waals surface area contributed by atoms with Gasteiger partial charge in [0.25, 0.3) is 0 Å². The summed E-state index contributed by atoms with van der Waals surface area (Å²) in [5.74, 6) is -0.598. The first-order chi connectivity index (χ1) is 16.1. The summed E-state index contributed by atoms with van der Waals surface area (Å²) in [6.07, 6.45) is 4.91. The summed E-state index contributed by atoms with van der Waals surface area (Å²) in [6.45, 7) is 7.51. The van der Waals surface area contributed by atoms with Crippen LogP contribution in [0.1, 0.15) is 57.2 Å². The fourth-order valence-electron chi connectivity index (χ4n) is 3.75. The maximum atomic E-state index is 13.0. The molecule has 34 heavy (non-hydrogen) atoms. The zero-order valence-corrected chi connectivity index (χ0v) is 20.2. The fourth-order valence-corrected chi connectivity index (χ4v) is 3.75. The van der Waals surface area contributed by atoms with E-state index >= 15 is 0 Å². The standard InChI is InChI=1S/C24H31N5O5/c1-15-12-17(14-26-20(15)28-23(32)34-24(2,3)4)27-21(30)22(31)29-11-7-6-8-18(29)16-9-10-25-19(13-16)33-5/h9-10,12-14,18H,6-8,11H2,1-5H3,(H,27,30)(H,26,28,32)/t18-/m0/s1. The quantitative estimate of drug-likeness (QED) is 0.652. The lowest BCUT2D eigenvalue weighted by atomic mass is 9.95. The van der Waals surface area contributed by atoms with Crippen LogP contribution in [0.3, 0.4) is 0 Å². The monoisotopic (exact) mass is 469 g/mol. The molecule has 1 aliphatic rings. The molecule has 2 aromatic heterocycles. The molecule has 1 aliphatic heterocycles. The number of nitrogens with zero attached hydrogens (tertiary/aromatic N) is 3. The molecule has 182 valence electrons. The number of ether oxygens (including phenoxy) is 2. The molecule has 0 saturated carbocycles. The number of rotatable bonds is 4. The molecule has 0 aromatic carbocycles. The van der Waals surface area contributed by atoms with Gasteiger partial charge < -0.3 is 19.7 Å². The second kappa shape index (κ2) is 10.5. The van der Waals surface area contributed by atoms with Gasteiger partial charge in [0.2, 0.25) is 5.88 Å². The van der Waals surface area contributed by atoms with Crippen molar-refractivity contribution >= 4 is 29.4 Å². The van der Waals surface area contributed by atoms with E-state index in [9.17, 15) is 14.4 Å². The number of pyridine rings is 2. The Balaban J connectivity index is 1.68. The van der Waals surface area contributed by atoms with Crippen molar-refractivity contribution in [2.45, 2.75) is 58.6 Å². The summed E-state index contributed by atoms with van der Waals surface area (Å²) in [6, 6.07) is 5.02. The number of piperidine rings is 1. The van der Waals surface area contributed by atoms with Crippen molar-refractivity contribution in [2.75, 3.05) is 24.3 Å². The van der Waals surface area contributed by atoms with E-state index in [0.717, 1.165) is 24.8 Å². The molecule has 0 spiro atoms. The first kappa shape index (κ1) is 24.9. The maximum Gasteiger partial charge on any atom is 0.413 e. The normalized spacial score (nSPS) is 15.9. The van der Waals surface area contributed by atoms with Gasteiger partial charge in [-0.25, -0.2) is 14.8 Å². The van der Waals surface area contributed by atoms with Gasteiger partial charge in [-0.3, -0.25) is 14.9 Å². The van der Waals surface area contributed by atoms with E-state index in [2.05, 4.69) is 20.6 Å². The third kappa shape index (κ3) is 6.43. The zero-order valence-electron chi connectivity index (χ0n) is 20.2. The first-order valence-electron chi connectivity index (χ1n) is 11.2. The van der Waals surface area contributed by atoms with Gasteiger partial charge in [0, 0.05) is 18.8 Å². The largest absolute Gasteiger partial charge is 0.481 e. The molecule has 0 radical (unpaired) electrons. The average molecular weight is 470 g/mol. The van der Waals surface area contributed by atoms with E-state index in [0.29, 0.717) is 29.5 Å². The van der Waals surface area contributed by atoms with Crippen LogP contribution in [0.2, 0.25) is 0 Å². The number of hydrogen-bond acceptors (Lipinski definition) is 7. The maximum absolute atomic E-state index is 13.0. The molecular formula is C24H31N5O5. The molecule has 1 atom stereocenters. The Morgan fingerprint density at radius 3 is 2.56 bits per heavy atom. The molecule has 10 nitrogen and oxygen atoms in total. The lowest BCUT2D eigenvalue weighted by molar-refractivity contribution is -0.145. The summed E-state index contributed by atoms with van der Waals surface area (Å²) in [4.78, 5) is 47.7. The Morgan fingerprint density at radius 1 is 1.12 bits per heavy atom. The second-order valence-electron chi connectivity index (χ2n) is 9.11. The molecule has 3 rings (SSSR count). The Morgan fingerprint density at radius 2 is 1.88 bits per heavy atom. The number of aryl methyl sites for hydroxylation is 1. The molecule has 3 amide bonds. The molecule has 3 heterocycles. The number of anilines is 2. The highest BCUT2D eigenvalue weighted by atomic mass is 16.6. The minimum atomic E-state index is -0.748. The Bertz CT molecular complexity index is 1070. The number of hydrogen-bond donors (Lipinski definition) is 2. The van der Waals surface area contributed by atoms with Crippen LogP contribution >= 0.6 is 0 Å². The van der Waals surface area contributed by atoms with Crippen molar-refractivity contribution in [1.82, 2.24) is 14.9 Å². The van der Waals surface area contributed by atoms with E-state index in [1.54, 1.807) is 50.9 Å². The Hall–Kier alpha value is -3.69. The number of methoxy groups -OCH3 is 1. The number of aromatic nitrogens is 2. The SMILES string of the molecule is COc1cc([C@@H]2CCCCN2C(=O)C(=O)Nc2cnc(NC(=O)OC(C)(C)C)c(C)c2)ccn1. The fraction of sp³-hybridized carbons (Fsp3) is 0.458. The predicted octanol–water partition coefficient (Wildman–Crippen LogP) is 3.83. The number of carbonyl (C=O) groups is 3. The lowest BCUT2D eigenvalue weighted by Gasteiger charge is -2.35. The molecule has 1 fully saturated rings. The van der Waals surface area contributed by atoms with Crippen LogP contribution in [-0.4, -0.2) is 52.0 Å². The van der Waals surface area contributed by atoms with Crippen molar-refractivity contribution in [3.05, 3.63) is 41.7 Å². The third-order valence-corrected chi connectivity index (χ3v) is 5.27. The second-order valence-corrected chi connectivity index (χ2v) is 9.11. The molecular weight excluding hydrogens is 438 g/mol. The van der Waals surface area contributed by atoms with Crippen LogP contribution in [0.4, 0.5) is 16.3 Å². The number of likely N-dealkylation sites (tertiary alicyclic amines) is 1. The van der Waals surface area contributed by atoms with Gasteiger partial charge in [-0.05, 0) is 70.2 Å². The van der Waals surface area contributed by atoms with Crippen LogP contribution in [0.25, 0.3) is 0 Å². The van der Waals surface area contributed by atoms with Gasteiger partial charge in [-0.2, -0.15) is 0 Å². The number of carbonyl (C=O) groups excluding carboxylic acids is 3. The number of amides is 3. The molecule has 0 aliphatic carbocycles. The summed E-state index contributed by atoms with van der Waals surface area (Å²) in [7, 11) is 1.54. The van der Waals surface area contributed by atoms with E-state index < -0.39 is 23.5 Å². The molecule has 2 N–H and O–H groups in total. The summed E-state index contributed by atoms with van der Waals surface area (Å²) < 4.78 is 10.4. The average Bonchev–Trinajstić information content (AvgIpc) is 2.79. The minimum Gasteiger partial charge on any atom is -0.481 e. The van der Waals surface area contributed by atoms with Crippen molar-refractivity contribution < 1.29 is 23.9 Å². The summed E-state index contributed by atoms with van der Waals surface area (Å²) in [5.41, 5.74) is 1.20. The van der Waals surface area contributed by atoms with E-state index in [-0.39, 0.29) is 6.04 Å². The molecule has 1 saturated heterocycles. The van der Waals surface area contributed by atoms with Crippen molar-refractivity contribution in [2.24, 2.45) is 0 Å². The lowest BCUT2D eigenvalue weighted by Crippen LogP contribution is -2.44.